The number of anilines is 1. The smallest absolute Gasteiger partial charge is 0.284 e. The molecule has 0 radical (unpaired) electrons. The van der Waals surface area contributed by atoms with Crippen molar-refractivity contribution in [1.82, 2.24) is 9.78 Å². The lowest BCUT2D eigenvalue weighted by Gasteiger charge is -2.23. The number of thioether (sulfide) groups is 1. The maximum absolute atomic E-state index is 11.9. The topological polar surface area (TPSA) is 46.9 Å². The number of rotatable bonds is 3. The average Bonchev–Trinajstić information content (AvgIpc) is 2.40. The molecule has 0 bridgehead atoms. The van der Waals surface area contributed by atoms with Gasteiger partial charge in [0, 0.05) is 11.8 Å². The van der Waals surface area contributed by atoms with Crippen LogP contribution in [0.2, 0.25) is 0 Å². The highest BCUT2D eigenvalue weighted by Crippen LogP contribution is 2.23. The molecule has 0 spiro atoms. The van der Waals surface area contributed by atoms with E-state index in [0.29, 0.717) is 10.5 Å². The average molecular weight is 328 g/mol. The molecule has 1 fully saturated rings. The van der Waals surface area contributed by atoms with Crippen LogP contribution in [0.3, 0.4) is 0 Å². The molecule has 18 heavy (non-hydrogen) atoms. The molecule has 1 aromatic rings. The molecule has 96 valence electrons. The second-order valence-electron chi connectivity index (χ2n) is 4.10. The third-order valence-corrected chi connectivity index (χ3v) is 4.73. The van der Waals surface area contributed by atoms with E-state index >= 15 is 0 Å². The van der Waals surface area contributed by atoms with Gasteiger partial charge in [-0.1, -0.05) is 5.92 Å². The van der Waals surface area contributed by atoms with Crippen molar-refractivity contribution in [3.8, 4) is 12.3 Å². The van der Waals surface area contributed by atoms with E-state index in [0.717, 1.165) is 17.9 Å². The number of halogens is 1. The summed E-state index contributed by atoms with van der Waals surface area (Å²) in [5, 5.41) is 7.42. The number of nitrogens with zero attached hydrogens (tertiary/aromatic N) is 2. The Balaban J connectivity index is 2.16. The molecule has 1 N–H and O–H groups in total. The van der Waals surface area contributed by atoms with Crippen LogP contribution in [0.1, 0.15) is 12.8 Å². The van der Waals surface area contributed by atoms with E-state index in [1.807, 2.05) is 11.8 Å². The third-order valence-electron chi connectivity index (χ3n) is 2.75. The largest absolute Gasteiger partial charge is 0.379 e. The van der Waals surface area contributed by atoms with Crippen LogP contribution in [0, 0.1) is 12.3 Å². The summed E-state index contributed by atoms with van der Waals surface area (Å²) in [6.07, 6.45) is 9.18. The first-order chi connectivity index (χ1) is 8.72. The first-order valence-corrected chi connectivity index (χ1v) is 7.70. The SMILES string of the molecule is C#CCn1ncc(NC2CCCSC2)c(Br)c1=O. The molecule has 0 aliphatic carbocycles. The van der Waals surface area contributed by atoms with Crippen molar-refractivity contribution in [1.29, 1.82) is 0 Å². The van der Waals surface area contributed by atoms with Gasteiger partial charge in [0.1, 0.15) is 11.0 Å². The van der Waals surface area contributed by atoms with Gasteiger partial charge in [0.05, 0.1) is 11.9 Å². The Labute approximate surface area is 119 Å². The van der Waals surface area contributed by atoms with Crippen LogP contribution >= 0.6 is 27.7 Å². The van der Waals surface area contributed by atoms with Gasteiger partial charge >= 0.3 is 0 Å². The molecule has 1 saturated heterocycles. The van der Waals surface area contributed by atoms with Crippen molar-refractivity contribution in [3.05, 3.63) is 21.0 Å². The second kappa shape index (κ2) is 6.30. The minimum Gasteiger partial charge on any atom is -0.379 e. The van der Waals surface area contributed by atoms with E-state index in [-0.39, 0.29) is 12.1 Å². The number of hydrogen-bond acceptors (Lipinski definition) is 4. The van der Waals surface area contributed by atoms with Crippen molar-refractivity contribution >= 4 is 33.4 Å². The van der Waals surface area contributed by atoms with E-state index in [4.69, 9.17) is 6.42 Å². The normalized spacial score (nSPS) is 19.2. The molecule has 0 amide bonds. The first kappa shape index (κ1) is 13.5. The van der Waals surface area contributed by atoms with Crippen molar-refractivity contribution < 1.29 is 0 Å². The zero-order valence-corrected chi connectivity index (χ0v) is 12.3. The van der Waals surface area contributed by atoms with Gasteiger partial charge in [-0.15, -0.1) is 6.42 Å². The van der Waals surface area contributed by atoms with Crippen molar-refractivity contribution in [2.24, 2.45) is 0 Å². The summed E-state index contributed by atoms with van der Waals surface area (Å²) in [5.74, 6) is 4.70. The van der Waals surface area contributed by atoms with Gasteiger partial charge in [0.25, 0.3) is 5.56 Å². The number of nitrogens with one attached hydrogen (secondary N) is 1. The van der Waals surface area contributed by atoms with Gasteiger partial charge in [-0.2, -0.15) is 16.9 Å². The Kier molecular flexibility index (Phi) is 4.72. The van der Waals surface area contributed by atoms with E-state index in [1.165, 1.54) is 16.9 Å². The predicted octanol–water partition coefficient (Wildman–Crippen LogP) is 1.95. The molecule has 1 aliphatic heterocycles. The molecule has 1 unspecified atom stereocenters. The van der Waals surface area contributed by atoms with Gasteiger partial charge < -0.3 is 5.32 Å². The standard InChI is InChI=1S/C12H14BrN3OS/c1-2-5-16-12(17)11(13)10(7-14-16)15-9-4-3-6-18-8-9/h1,7,9,15H,3-6,8H2. The van der Waals surface area contributed by atoms with Crippen LogP contribution in [-0.4, -0.2) is 27.3 Å². The summed E-state index contributed by atoms with van der Waals surface area (Å²) in [5.41, 5.74) is 0.558. The molecule has 1 aromatic heterocycles. The zero-order valence-electron chi connectivity index (χ0n) is 9.86. The van der Waals surface area contributed by atoms with Gasteiger partial charge in [0.15, 0.2) is 0 Å². The summed E-state index contributed by atoms with van der Waals surface area (Å²) >= 11 is 5.25. The lowest BCUT2D eigenvalue weighted by molar-refractivity contribution is 0.651. The lowest BCUT2D eigenvalue weighted by atomic mass is 10.2. The Morgan fingerprint density at radius 2 is 2.56 bits per heavy atom. The van der Waals surface area contributed by atoms with Gasteiger partial charge in [-0.3, -0.25) is 4.79 Å². The predicted molar refractivity (Wildman–Crippen MR) is 79.0 cm³/mol. The van der Waals surface area contributed by atoms with Crippen LogP contribution in [-0.2, 0) is 6.54 Å². The van der Waals surface area contributed by atoms with E-state index < -0.39 is 0 Å². The maximum atomic E-state index is 11.9. The Hall–Kier alpha value is -0.930. The molecule has 0 aromatic carbocycles. The zero-order chi connectivity index (χ0) is 13.0. The Morgan fingerprint density at radius 3 is 3.22 bits per heavy atom. The molecule has 1 aliphatic rings. The summed E-state index contributed by atoms with van der Waals surface area (Å²) in [7, 11) is 0. The van der Waals surface area contributed by atoms with E-state index in [9.17, 15) is 4.79 Å². The number of aromatic nitrogens is 2. The molecule has 4 nitrogen and oxygen atoms in total. The van der Waals surface area contributed by atoms with Crippen LogP contribution in [0.15, 0.2) is 15.5 Å². The number of hydrogen-bond donors (Lipinski definition) is 1. The van der Waals surface area contributed by atoms with Crippen LogP contribution in [0.25, 0.3) is 0 Å². The quantitative estimate of drug-likeness (QED) is 0.862. The van der Waals surface area contributed by atoms with Crippen molar-refractivity contribution in [2.75, 3.05) is 16.8 Å². The highest BCUT2D eigenvalue weighted by molar-refractivity contribution is 9.10. The Bertz CT molecular complexity index is 517. The number of terminal acetylenes is 1. The molecular formula is C12H14BrN3OS. The first-order valence-electron chi connectivity index (χ1n) is 5.75. The molecule has 0 saturated carbocycles. The van der Waals surface area contributed by atoms with E-state index in [2.05, 4.69) is 32.3 Å². The minimum atomic E-state index is -0.193. The molecular weight excluding hydrogens is 314 g/mol. The monoisotopic (exact) mass is 327 g/mol. The summed E-state index contributed by atoms with van der Waals surface area (Å²) in [4.78, 5) is 11.9. The summed E-state index contributed by atoms with van der Waals surface area (Å²) in [6, 6.07) is 0.407. The lowest BCUT2D eigenvalue weighted by Crippen LogP contribution is -2.29. The van der Waals surface area contributed by atoms with Gasteiger partial charge in [-0.25, -0.2) is 4.68 Å². The van der Waals surface area contributed by atoms with E-state index in [1.54, 1.807) is 6.20 Å². The Morgan fingerprint density at radius 1 is 1.72 bits per heavy atom. The minimum absolute atomic E-state index is 0.191. The summed E-state index contributed by atoms with van der Waals surface area (Å²) in [6.45, 7) is 0.191. The third kappa shape index (κ3) is 3.09. The molecule has 6 heteroatoms. The highest BCUT2D eigenvalue weighted by Gasteiger charge is 2.16. The highest BCUT2D eigenvalue weighted by atomic mass is 79.9. The van der Waals surface area contributed by atoms with Crippen molar-refractivity contribution in [3.63, 3.8) is 0 Å². The fourth-order valence-corrected chi connectivity index (χ4v) is 3.33. The van der Waals surface area contributed by atoms with Crippen molar-refractivity contribution in [2.45, 2.75) is 25.4 Å². The molecule has 2 heterocycles. The maximum Gasteiger partial charge on any atom is 0.284 e. The second-order valence-corrected chi connectivity index (χ2v) is 6.04. The van der Waals surface area contributed by atoms with Gasteiger partial charge in [0.2, 0.25) is 0 Å². The van der Waals surface area contributed by atoms with Crippen LogP contribution < -0.4 is 10.9 Å². The molecule has 2 rings (SSSR count). The fourth-order valence-electron chi connectivity index (χ4n) is 1.84. The summed E-state index contributed by atoms with van der Waals surface area (Å²) < 4.78 is 1.77. The fraction of sp³-hybridized carbons (Fsp3) is 0.500. The van der Waals surface area contributed by atoms with Crippen LogP contribution in [0.4, 0.5) is 5.69 Å². The van der Waals surface area contributed by atoms with Gasteiger partial charge in [-0.05, 0) is 34.5 Å². The molecule has 1 atom stereocenters. The van der Waals surface area contributed by atoms with Crippen LogP contribution in [0.5, 0.6) is 0 Å².